The smallest absolute Gasteiger partial charge is 0.233 e. The topological polar surface area (TPSA) is 50.6 Å². The Morgan fingerprint density at radius 3 is 2.70 bits per heavy atom. The maximum Gasteiger partial charge on any atom is 0.233 e. The molecule has 2 fully saturated rings. The lowest BCUT2D eigenvalue weighted by atomic mass is 9.96. The van der Waals surface area contributed by atoms with Gasteiger partial charge < -0.3 is 9.64 Å². The summed E-state index contributed by atoms with van der Waals surface area (Å²) in [5, 5.41) is 0.874. The van der Waals surface area contributed by atoms with Gasteiger partial charge in [-0.25, -0.2) is 4.98 Å². The number of morpholine rings is 1. The monoisotopic (exact) mass is 428 g/mol. The zero-order valence-corrected chi connectivity index (χ0v) is 18.9. The summed E-state index contributed by atoms with van der Waals surface area (Å²) in [6, 6.07) is 6.29. The van der Waals surface area contributed by atoms with Crippen LogP contribution in [-0.4, -0.2) is 76.9 Å². The summed E-state index contributed by atoms with van der Waals surface area (Å²) in [6.07, 6.45) is 5.99. The van der Waals surface area contributed by atoms with Crippen LogP contribution in [0, 0.1) is 19.8 Å². The number of thioether (sulfide) groups is 1. The molecule has 1 aromatic carbocycles. The zero-order valence-electron chi connectivity index (χ0n) is 18.0. The Morgan fingerprint density at radius 2 is 1.93 bits per heavy atom. The number of likely N-dealkylation sites (tertiary alicyclic amines) is 1. The fourth-order valence-electron chi connectivity index (χ4n) is 4.31. The second-order valence-corrected chi connectivity index (χ2v) is 9.27. The average Bonchev–Trinajstić information content (AvgIpc) is 3.23. The molecule has 0 saturated carbocycles. The molecule has 0 aliphatic carbocycles. The summed E-state index contributed by atoms with van der Waals surface area (Å²) in [7, 11) is 0. The third-order valence-electron chi connectivity index (χ3n) is 6.35. The molecule has 2 aliphatic rings. The summed E-state index contributed by atoms with van der Waals surface area (Å²) >= 11 is 1.53. The number of rotatable bonds is 6. The van der Waals surface area contributed by atoms with Gasteiger partial charge in [0.15, 0.2) is 5.16 Å². The first-order valence-electron chi connectivity index (χ1n) is 10.9. The van der Waals surface area contributed by atoms with E-state index in [4.69, 9.17) is 4.74 Å². The number of benzene rings is 1. The molecule has 1 amide bonds. The van der Waals surface area contributed by atoms with Crippen LogP contribution in [-0.2, 0) is 9.53 Å². The lowest BCUT2D eigenvalue weighted by Crippen LogP contribution is -2.44. The Bertz CT molecular complexity index is 855. The van der Waals surface area contributed by atoms with Crippen molar-refractivity contribution in [3.05, 3.63) is 41.7 Å². The Labute approximate surface area is 183 Å². The highest BCUT2D eigenvalue weighted by Crippen LogP contribution is 2.25. The number of piperidine rings is 1. The van der Waals surface area contributed by atoms with Crippen LogP contribution in [0.1, 0.15) is 24.0 Å². The number of hydrogen-bond donors (Lipinski definition) is 0. The molecule has 0 bridgehead atoms. The van der Waals surface area contributed by atoms with Crippen molar-refractivity contribution in [2.75, 3.05) is 51.7 Å². The standard InChI is InChI=1S/C23H32N4O2S/c1-18-4-3-5-21(19(18)2)27-11-8-24-23(27)30-17-22(28)26-9-6-20(7-10-26)16-25-12-14-29-15-13-25/h3-5,8,11,20H,6-7,9-10,12-17H2,1-2H3. The molecule has 2 aliphatic heterocycles. The van der Waals surface area contributed by atoms with Gasteiger partial charge in [0.05, 0.1) is 24.7 Å². The summed E-state index contributed by atoms with van der Waals surface area (Å²) in [5.41, 5.74) is 3.63. The van der Waals surface area contributed by atoms with Crippen LogP contribution in [0.4, 0.5) is 0 Å². The first kappa shape index (κ1) is 21.4. The van der Waals surface area contributed by atoms with Gasteiger partial charge in [-0.3, -0.25) is 14.3 Å². The van der Waals surface area contributed by atoms with Gasteiger partial charge in [-0.1, -0.05) is 23.9 Å². The molecule has 3 heterocycles. The summed E-state index contributed by atoms with van der Waals surface area (Å²) in [6.45, 7) is 10.9. The summed E-state index contributed by atoms with van der Waals surface area (Å²) in [4.78, 5) is 21.8. The van der Waals surface area contributed by atoms with Gasteiger partial charge >= 0.3 is 0 Å². The van der Waals surface area contributed by atoms with Crippen molar-refractivity contribution in [2.45, 2.75) is 31.8 Å². The summed E-state index contributed by atoms with van der Waals surface area (Å²) < 4.78 is 7.53. The molecule has 0 spiro atoms. The van der Waals surface area contributed by atoms with Crippen LogP contribution in [0.25, 0.3) is 5.69 Å². The summed E-state index contributed by atoms with van der Waals surface area (Å²) in [5.74, 6) is 1.36. The number of carbonyl (C=O) groups is 1. The average molecular weight is 429 g/mol. The number of aromatic nitrogens is 2. The van der Waals surface area contributed by atoms with E-state index >= 15 is 0 Å². The highest BCUT2D eigenvalue weighted by atomic mass is 32.2. The molecule has 4 rings (SSSR count). The van der Waals surface area contributed by atoms with Crippen molar-refractivity contribution in [2.24, 2.45) is 5.92 Å². The van der Waals surface area contributed by atoms with Crippen LogP contribution >= 0.6 is 11.8 Å². The third-order valence-corrected chi connectivity index (χ3v) is 7.31. The van der Waals surface area contributed by atoms with E-state index in [-0.39, 0.29) is 5.91 Å². The zero-order chi connectivity index (χ0) is 20.9. The van der Waals surface area contributed by atoms with Crippen molar-refractivity contribution in [1.82, 2.24) is 19.4 Å². The Morgan fingerprint density at radius 1 is 1.17 bits per heavy atom. The molecule has 0 radical (unpaired) electrons. The third kappa shape index (κ3) is 5.07. The predicted molar refractivity (Wildman–Crippen MR) is 120 cm³/mol. The van der Waals surface area contributed by atoms with E-state index in [1.807, 2.05) is 17.3 Å². The molecule has 2 saturated heterocycles. The number of amides is 1. The molecule has 7 heteroatoms. The van der Waals surface area contributed by atoms with Crippen molar-refractivity contribution >= 4 is 17.7 Å². The maximum atomic E-state index is 12.8. The molecule has 2 aromatic rings. The first-order valence-corrected chi connectivity index (χ1v) is 11.9. The van der Waals surface area contributed by atoms with Gasteiger partial charge in [-0.15, -0.1) is 0 Å². The van der Waals surface area contributed by atoms with Crippen LogP contribution in [0.2, 0.25) is 0 Å². The largest absolute Gasteiger partial charge is 0.379 e. The molecule has 30 heavy (non-hydrogen) atoms. The molecule has 0 atom stereocenters. The number of carbonyl (C=O) groups excluding carboxylic acids is 1. The van der Waals surface area contributed by atoms with Gasteiger partial charge in [-0.05, 0) is 49.8 Å². The van der Waals surface area contributed by atoms with Crippen LogP contribution in [0.15, 0.2) is 35.7 Å². The second kappa shape index (κ2) is 9.98. The minimum atomic E-state index is 0.223. The number of imidazole rings is 1. The Hall–Kier alpha value is -1.83. The normalized spacial score (nSPS) is 18.7. The Kier molecular flexibility index (Phi) is 7.12. The quantitative estimate of drug-likeness (QED) is 0.662. The lowest BCUT2D eigenvalue weighted by Gasteiger charge is -2.36. The van der Waals surface area contributed by atoms with E-state index in [1.54, 1.807) is 0 Å². The van der Waals surface area contributed by atoms with E-state index in [2.05, 4.69) is 46.5 Å². The minimum absolute atomic E-state index is 0.223. The fourth-order valence-corrected chi connectivity index (χ4v) is 5.18. The van der Waals surface area contributed by atoms with Gasteiger partial charge in [0, 0.05) is 45.1 Å². The van der Waals surface area contributed by atoms with Crippen LogP contribution < -0.4 is 0 Å². The maximum absolute atomic E-state index is 12.8. The van der Waals surface area contributed by atoms with E-state index in [9.17, 15) is 4.79 Å². The highest BCUT2D eigenvalue weighted by molar-refractivity contribution is 7.99. The van der Waals surface area contributed by atoms with Crippen molar-refractivity contribution in [3.63, 3.8) is 0 Å². The van der Waals surface area contributed by atoms with Crippen molar-refractivity contribution in [3.8, 4) is 5.69 Å². The molecular formula is C23H32N4O2S. The molecule has 6 nitrogen and oxygen atoms in total. The van der Waals surface area contributed by atoms with E-state index in [0.29, 0.717) is 11.7 Å². The van der Waals surface area contributed by atoms with Crippen LogP contribution in [0.3, 0.4) is 0 Å². The second-order valence-electron chi connectivity index (χ2n) is 8.32. The van der Waals surface area contributed by atoms with Gasteiger partial charge in [0.1, 0.15) is 0 Å². The molecule has 0 N–H and O–H groups in total. The number of aryl methyl sites for hydroxylation is 1. The minimum Gasteiger partial charge on any atom is -0.379 e. The van der Waals surface area contributed by atoms with Gasteiger partial charge in [0.25, 0.3) is 0 Å². The van der Waals surface area contributed by atoms with Gasteiger partial charge in [0.2, 0.25) is 5.91 Å². The van der Waals surface area contributed by atoms with E-state index < -0.39 is 0 Å². The molecule has 162 valence electrons. The number of hydrogen-bond acceptors (Lipinski definition) is 5. The molecule has 1 aromatic heterocycles. The van der Waals surface area contributed by atoms with Gasteiger partial charge in [-0.2, -0.15) is 0 Å². The SMILES string of the molecule is Cc1cccc(-n2ccnc2SCC(=O)N2CCC(CN3CCOCC3)CC2)c1C. The van der Waals surface area contributed by atoms with Crippen molar-refractivity contribution < 1.29 is 9.53 Å². The number of ether oxygens (including phenoxy) is 1. The van der Waals surface area contributed by atoms with E-state index in [0.717, 1.165) is 69.6 Å². The van der Waals surface area contributed by atoms with Crippen LogP contribution in [0.5, 0.6) is 0 Å². The van der Waals surface area contributed by atoms with Crippen molar-refractivity contribution in [1.29, 1.82) is 0 Å². The molecule has 0 unspecified atom stereocenters. The Balaban J connectivity index is 1.28. The van der Waals surface area contributed by atoms with E-state index in [1.165, 1.54) is 22.9 Å². The predicted octanol–water partition coefficient (Wildman–Crippen LogP) is 3.15. The highest BCUT2D eigenvalue weighted by Gasteiger charge is 2.25. The first-order chi connectivity index (χ1) is 14.6. The fraction of sp³-hybridized carbons (Fsp3) is 0.565. The number of nitrogens with zero attached hydrogens (tertiary/aromatic N) is 4. The molecular weight excluding hydrogens is 396 g/mol. The lowest BCUT2D eigenvalue weighted by molar-refractivity contribution is -0.129.